The normalized spacial score (nSPS) is 4.50. The van der Waals surface area contributed by atoms with Crippen molar-refractivity contribution in [1.82, 2.24) is 0 Å². The Hall–Kier alpha value is -0.135. The SMILES string of the molecule is O.O.OB(O)O. The number of rotatable bonds is 0. The highest BCUT2D eigenvalue weighted by Gasteiger charge is 1.92. The number of hydrogen-bond donors (Lipinski definition) is 3. The van der Waals surface area contributed by atoms with E-state index in [1.165, 1.54) is 0 Å². The van der Waals surface area contributed by atoms with Crippen molar-refractivity contribution in [2.45, 2.75) is 0 Å². The van der Waals surface area contributed by atoms with E-state index < -0.39 is 7.32 Å². The number of hydrogen-bond acceptors (Lipinski definition) is 3. The Morgan fingerprint density at radius 1 is 0.833 bits per heavy atom. The van der Waals surface area contributed by atoms with Gasteiger partial charge in [-0.25, -0.2) is 0 Å². The monoisotopic (exact) mass is 98.0 g/mol. The van der Waals surface area contributed by atoms with Crippen LogP contribution in [0, 0.1) is 0 Å². The second-order valence-corrected chi connectivity index (χ2v) is 0.346. The summed E-state index contributed by atoms with van der Waals surface area (Å²) in [7, 11) is -2.17. The Bertz CT molecular complexity index is 8.66. The summed E-state index contributed by atoms with van der Waals surface area (Å²) in [5, 5.41) is 21.5. The minimum Gasteiger partial charge on any atom is -0.412 e. The predicted octanol–water partition coefficient (Wildman–Crippen LogP) is -3.70. The lowest BCUT2D eigenvalue weighted by atomic mass is 10.3. The van der Waals surface area contributed by atoms with Crippen LogP contribution >= 0.6 is 0 Å². The van der Waals surface area contributed by atoms with Crippen molar-refractivity contribution in [3.05, 3.63) is 0 Å². The van der Waals surface area contributed by atoms with Crippen molar-refractivity contribution in [2.24, 2.45) is 0 Å². The van der Waals surface area contributed by atoms with Crippen LogP contribution in [0.4, 0.5) is 0 Å². The molecule has 6 heavy (non-hydrogen) atoms. The van der Waals surface area contributed by atoms with Gasteiger partial charge in [-0.3, -0.25) is 0 Å². The summed E-state index contributed by atoms with van der Waals surface area (Å²) >= 11 is 0. The molecule has 0 amide bonds. The summed E-state index contributed by atoms with van der Waals surface area (Å²) in [6.07, 6.45) is 0. The lowest BCUT2D eigenvalue weighted by molar-refractivity contribution is 0.278. The highest BCUT2D eigenvalue weighted by Crippen LogP contribution is 1.40. The first-order valence-electron chi connectivity index (χ1n) is 0.775. The van der Waals surface area contributed by atoms with Crippen LogP contribution in [0.2, 0.25) is 0 Å². The van der Waals surface area contributed by atoms with Gasteiger partial charge in [-0.1, -0.05) is 0 Å². The fourth-order valence-electron chi connectivity index (χ4n) is 0. The third-order valence-electron chi connectivity index (χ3n) is 0. The first kappa shape index (κ1) is 16.9. The van der Waals surface area contributed by atoms with Gasteiger partial charge in [0.1, 0.15) is 0 Å². The largest absolute Gasteiger partial charge is 0.631 e. The molecular formula is H7BO5. The standard InChI is InChI=1S/BH3O3.2H2O/c2-1(3)4;;/h2-4H;2*1H2. The van der Waals surface area contributed by atoms with Crippen LogP contribution in [0.5, 0.6) is 0 Å². The third-order valence-corrected chi connectivity index (χ3v) is 0. The molecule has 0 aromatic heterocycles. The molecule has 5 nitrogen and oxygen atoms in total. The van der Waals surface area contributed by atoms with Gasteiger partial charge < -0.3 is 26.0 Å². The van der Waals surface area contributed by atoms with Crippen LogP contribution in [0.1, 0.15) is 0 Å². The Morgan fingerprint density at radius 2 is 0.833 bits per heavy atom. The zero-order chi connectivity index (χ0) is 3.58. The summed E-state index contributed by atoms with van der Waals surface area (Å²) in [6.45, 7) is 0. The molecule has 0 spiro atoms. The molecule has 0 bridgehead atoms. The van der Waals surface area contributed by atoms with E-state index in [1.807, 2.05) is 0 Å². The maximum absolute atomic E-state index is 7.17. The average molecular weight is 97.9 g/mol. The van der Waals surface area contributed by atoms with Crippen molar-refractivity contribution in [2.75, 3.05) is 0 Å². The van der Waals surface area contributed by atoms with Gasteiger partial charge in [0.15, 0.2) is 0 Å². The van der Waals surface area contributed by atoms with Crippen LogP contribution in [-0.2, 0) is 0 Å². The van der Waals surface area contributed by atoms with E-state index >= 15 is 0 Å². The highest BCUT2D eigenvalue weighted by atomic mass is 16.5. The summed E-state index contributed by atoms with van der Waals surface area (Å²) in [5.41, 5.74) is 0. The zero-order valence-corrected chi connectivity index (χ0v) is 2.92. The van der Waals surface area contributed by atoms with Crippen LogP contribution in [0.3, 0.4) is 0 Å². The van der Waals surface area contributed by atoms with Crippen molar-refractivity contribution in [1.29, 1.82) is 0 Å². The third kappa shape index (κ3) is 1740. The van der Waals surface area contributed by atoms with Crippen molar-refractivity contribution in [3.63, 3.8) is 0 Å². The van der Waals surface area contributed by atoms with Crippen molar-refractivity contribution < 1.29 is 26.0 Å². The van der Waals surface area contributed by atoms with Gasteiger partial charge in [0.2, 0.25) is 0 Å². The Kier molecular flexibility index (Phi) is 25.0. The molecule has 6 heteroatoms. The Morgan fingerprint density at radius 3 is 0.833 bits per heavy atom. The van der Waals surface area contributed by atoms with Gasteiger partial charge in [0.05, 0.1) is 0 Å². The molecule has 0 radical (unpaired) electrons. The molecule has 0 rings (SSSR count). The van der Waals surface area contributed by atoms with Gasteiger partial charge >= 0.3 is 7.32 Å². The summed E-state index contributed by atoms with van der Waals surface area (Å²) < 4.78 is 0. The predicted molar refractivity (Wildman–Crippen MR) is 19.6 cm³/mol. The van der Waals surface area contributed by atoms with Gasteiger partial charge in [-0.15, -0.1) is 0 Å². The summed E-state index contributed by atoms with van der Waals surface area (Å²) in [6, 6.07) is 0. The molecule has 0 aromatic rings. The molecule has 40 valence electrons. The van der Waals surface area contributed by atoms with Crippen molar-refractivity contribution in [3.8, 4) is 0 Å². The van der Waals surface area contributed by atoms with Crippen molar-refractivity contribution >= 4 is 7.32 Å². The van der Waals surface area contributed by atoms with Gasteiger partial charge in [0, 0.05) is 0 Å². The first-order chi connectivity index (χ1) is 1.73. The summed E-state index contributed by atoms with van der Waals surface area (Å²) in [5.74, 6) is 0. The Labute approximate surface area is 34.6 Å². The van der Waals surface area contributed by atoms with Crippen LogP contribution in [0.25, 0.3) is 0 Å². The molecular weight excluding hydrogens is 90.8 g/mol. The maximum atomic E-state index is 7.17. The topological polar surface area (TPSA) is 124 Å². The second kappa shape index (κ2) is 8.85. The molecule has 0 heterocycles. The van der Waals surface area contributed by atoms with Crippen LogP contribution in [0.15, 0.2) is 0 Å². The quantitative estimate of drug-likeness (QED) is 0.270. The second-order valence-electron chi connectivity index (χ2n) is 0.346. The molecule has 0 saturated carbocycles. The van der Waals surface area contributed by atoms with Crippen LogP contribution in [-0.4, -0.2) is 33.3 Å². The van der Waals surface area contributed by atoms with Gasteiger partial charge in [-0.2, -0.15) is 0 Å². The zero-order valence-electron chi connectivity index (χ0n) is 2.92. The molecule has 0 unspecified atom stereocenters. The van der Waals surface area contributed by atoms with E-state index in [0.717, 1.165) is 0 Å². The molecule has 0 fully saturated rings. The van der Waals surface area contributed by atoms with E-state index in [-0.39, 0.29) is 11.0 Å². The fourth-order valence-corrected chi connectivity index (χ4v) is 0. The molecule has 0 aliphatic heterocycles. The van der Waals surface area contributed by atoms with Gasteiger partial charge in [-0.05, 0) is 0 Å². The first-order valence-corrected chi connectivity index (χ1v) is 0.775. The van der Waals surface area contributed by atoms with Gasteiger partial charge in [0.25, 0.3) is 0 Å². The smallest absolute Gasteiger partial charge is 0.412 e. The van der Waals surface area contributed by atoms with E-state index in [0.29, 0.717) is 0 Å². The lowest BCUT2D eigenvalue weighted by Gasteiger charge is -1.69. The average Bonchev–Trinajstić information content (AvgIpc) is 0.811. The minimum atomic E-state index is -2.17. The lowest BCUT2D eigenvalue weighted by Crippen LogP contribution is -2.07. The van der Waals surface area contributed by atoms with E-state index in [4.69, 9.17) is 15.1 Å². The Balaban J connectivity index is -0.0000000450. The van der Waals surface area contributed by atoms with E-state index in [9.17, 15) is 0 Å². The highest BCUT2D eigenvalue weighted by molar-refractivity contribution is 6.30. The minimum absolute atomic E-state index is 0. The molecule has 0 aromatic carbocycles. The van der Waals surface area contributed by atoms with Crippen LogP contribution < -0.4 is 0 Å². The molecule has 0 aliphatic carbocycles. The summed E-state index contributed by atoms with van der Waals surface area (Å²) in [4.78, 5) is 0. The molecule has 0 aliphatic rings. The molecule has 0 saturated heterocycles. The molecule has 7 N–H and O–H groups in total. The molecule has 0 atom stereocenters. The fraction of sp³-hybridized carbons (Fsp3) is 0. The van der Waals surface area contributed by atoms with E-state index in [1.54, 1.807) is 0 Å². The maximum Gasteiger partial charge on any atom is 0.631 e. The van der Waals surface area contributed by atoms with E-state index in [2.05, 4.69) is 0 Å².